The Hall–Kier alpha value is -4.13. The van der Waals surface area contributed by atoms with E-state index in [1.807, 2.05) is 6.07 Å². The highest BCUT2D eigenvalue weighted by Gasteiger charge is 2.47. The predicted molar refractivity (Wildman–Crippen MR) is 113 cm³/mol. The molecule has 3 heterocycles. The zero-order chi connectivity index (χ0) is 21.4. The minimum atomic E-state index is -0.864. The zero-order valence-electron chi connectivity index (χ0n) is 16.4. The molecular weight excluding hydrogens is 396 g/mol. The number of nitrogens with zero attached hydrogens (tertiary/aromatic N) is 2. The van der Waals surface area contributed by atoms with Crippen LogP contribution in [-0.4, -0.2) is 35.0 Å². The number of anilines is 1. The number of carbonyl (C=O) groups excluding carboxylic acids is 2. The van der Waals surface area contributed by atoms with Crippen LogP contribution >= 0.6 is 0 Å². The van der Waals surface area contributed by atoms with E-state index in [1.54, 1.807) is 66.9 Å². The van der Waals surface area contributed by atoms with Crippen molar-refractivity contribution < 1.29 is 24.2 Å². The maximum atomic E-state index is 13.1. The molecule has 1 aromatic heterocycles. The number of ether oxygens (including phenoxy) is 2. The third-order valence-corrected chi connectivity index (χ3v) is 5.26. The Morgan fingerprint density at radius 3 is 2.42 bits per heavy atom. The van der Waals surface area contributed by atoms with Crippen LogP contribution in [0.2, 0.25) is 0 Å². The molecule has 7 nitrogen and oxygen atoms in total. The van der Waals surface area contributed by atoms with Crippen molar-refractivity contribution in [2.24, 2.45) is 0 Å². The van der Waals surface area contributed by atoms with Gasteiger partial charge < -0.3 is 14.6 Å². The summed E-state index contributed by atoms with van der Waals surface area (Å²) in [5.74, 6) is -0.743. The average molecular weight is 414 g/mol. The van der Waals surface area contributed by atoms with Crippen molar-refractivity contribution in [3.8, 4) is 11.5 Å². The van der Waals surface area contributed by atoms with Gasteiger partial charge >= 0.3 is 0 Å². The lowest BCUT2D eigenvalue weighted by atomic mass is 9.98. The molecule has 7 heteroatoms. The van der Waals surface area contributed by atoms with Crippen molar-refractivity contribution in [3.63, 3.8) is 0 Å². The minimum Gasteiger partial charge on any atom is -0.507 e. The largest absolute Gasteiger partial charge is 0.507 e. The van der Waals surface area contributed by atoms with Crippen molar-refractivity contribution in [2.45, 2.75) is 6.04 Å². The van der Waals surface area contributed by atoms with Gasteiger partial charge in [-0.3, -0.25) is 19.5 Å². The van der Waals surface area contributed by atoms with E-state index in [1.165, 1.54) is 4.90 Å². The second-order valence-electron chi connectivity index (χ2n) is 7.12. The topological polar surface area (TPSA) is 89.0 Å². The molecule has 2 aliphatic heterocycles. The lowest BCUT2D eigenvalue weighted by Gasteiger charge is -2.24. The number of para-hydroxylation sites is 1. The van der Waals surface area contributed by atoms with Crippen molar-refractivity contribution in [1.29, 1.82) is 0 Å². The number of aliphatic hydroxyl groups excluding tert-OH is 1. The van der Waals surface area contributed by atoms with E-state index in [-0.39, 0.29) is 11.3 Å². The molecule has 0 spiro atoms. The van der Waals surface area contributed by atoms with Crippen LogP contribution in [0.25, 0.3) is 5.76 Å². The minimum absolute atomic E-state index is 0.0239. The molecule has 31 heavy (non-hydrogen) atoms. The van der Waals surface area contributed by atoms with Gasteiger partial charge in [0.1, 0.15) is 25.0 Å². The molecule has 0 saturated carbocycles. The Bertz CT molecular complexity index is 1190. The van der Waals surface area contributed by atoms with Crippen LogP contribution in [0.15, 0.2) is 78.5 Å². The standard InChI is InChI=1S/C24H18N2O5/c27-22(15-9-10-18-19(14-15)31-13-12-30-18)20-21(17-8-4-5-11-25-17)26(24(29)23(20)28)16-6-2-1-3-7-16/h1-11,14,21,27H,12-13H2/b22-20-. The monoisotopic (exact) mass is 414 g/mol. The summed E-state index contributed by atoms with van der Waals surface area (Å²) in [6.45, 7) is 0.837. The summed E-state index contributed by atoms with van der Waals surface area (Å²) in [4.78, 5) is 31.8. The number of pyridine rings is 1. The molecule has 154 valence electrons. The van der Waals surface area contributed by atoms with Crippen LogP contribution in [0.5, 0.6) is 11.5 Å². The van der Waals surface area contributed by atoms with Crippen LogP contribution in [0.3, 0.4) is 0 Å². The highest BCUT2D eigenvalue weighted by molar-refractivity contribution is 6.51. The fourth-order valence-electron chi connectivity index (χ4n) is 3.85. The van der Waals surface area contributed by atoms with Crippen molar-refractivity contribution in [2.75, 3.05) is 18.1 Å². The van der Waals surface area contributed by atoms with Crippen LogP contribution in [0.1, 0.15) is 17.3 Å². The normalized spacial score (nSPS) is 19.5. The summed E-state index contributed by atoms with van der Waals surface area (Å²) in [6, 6.07) is 18.2. The summed E-state index contributed by atoms with van der Waals surface area (Å²) >= 11 is 0. The van der Waals surface area contributed by atoms with Gasteiger partial charge in [0.15, 0.2) is 11.5 Å². The molecule has 0 aliphatic carbocycles. The molecule has 3 aromatic rings. The Morgan fingerprint density at radius 2 is 1.68 bits per heavy atom. The first kappa shape index (κ1) is 18.9. The van der Waals surface area contributed by atoms with Gasteiger partial charge in [0.25, 0.3) is 11.7 Å². The van der Waals surface area contributed by atoms with Crippen LogP contribution in [-0.2, 0) is 9.59 Å². The van der Waals surface area contributed by atoms with Crippen LogP contribution in [0, 0.1) is 0 Å². The molecule has 1 amide bonds. The van der Waals surface area contributed by atoms with Gasteiger partial charge in [0.05, 0.1) is 11.3 Å². The summed E-state index contributed by atoms with van der Waals surface area (Å²) in [5, 5.41) is 11.2. The summed E-state index contributed by atoms with van der Waals surface area (Å²) in [5.41, 5.74) is 1.35. The Morgan fingerprint density at radius 1 is 0.935 bits per heavy atom. The number of Topliss-reactive ketones (excluding diaryl/α,β-unsaturated/α-hetero) is 1. The molecule has 1 fully saturated rings. The second-order valence-corrected chi connectivity index (χ2v) is 7.12. The summed E-state index contributed by atoms with van der Waals surface area (Å²) in [7, 11) is 0. The molecule has 1 unspecified atom stereocenters. The first-order valence-electron chi connectivity index (χ1n) is 9.82. The van der Waals surface area contributed by atoms with Crippen LogP contribution < -0.4 is 14.4 Å². The zero-order valence-corrected chi connectivity index (χ0v) is 16.4. The molecule has 2 aromatic carbocycles. The van der Waals surface area contributed by atoms with E-state index in [4.69, 9.17) is 9.47 Å². The maximum Gasteiger partial charge on any atom is 0.300 e. The Kier molecular flexibility index (Phi) is 4.63. The summed E-state index contributed by atoms with van der Waals surface area (Å²) < 4.78 is 11.1. The first-order valence-corrected chi connectivity index (χ1v) is 9.82. The van der Waals surface area contributed by atoms with Crippen molar-refractivity contribution >= 4 is 23.1 Å². The predicted octanol–water partition coefficient (Wildman–Crippen LogP) is 3.48. The fourth-order valence-corrected chi connectivity index (χ4v) is 3.85. The summed E-state index contributed by atoms with van der Waals surface area (Å²) in [6.07, 6.45) is 1.59. The van der Waals surface area contributed by atoms with Gasteiger partial charge in [-0.05, 0) is 42.5 Å². The van der Waals surface area contributed by atoms with E-state index in [9.17, 15) is 14.7 Å². The number of aromatic nitrogens is 1. The third kappa shape index (κ3) is 3.20. The molecule has 1 N–H and O–H groups in total. The fraction of sp³-hybridized carbons (Fsp3) is 0.125. The molecular formula is C24H18N2O5. The SMILES string of the molecule is O=C1C(=O)N(c2ccccc2)C(c2ccccn2)/C1=C(/O)c1ccc2c(c1)OCCO2. The number of fused-ring (bicyclic) bond motifs is 1. The highest BCUT2D eigenvalue weighted by atomic mass is 16.6. The van der Waals surface area contributed by atoms with E-state index in [0.29, 0.717) is 41.7 Å². The smallest absolute Gasteiger partial charge is 0.300 e. The van der Waals surface area contributed by atoms with Gasteiger partial charge in [-0.15, -0.1) is 0 Å². The Balaban J connectivity index is 1.69. The van der Waals surface area contributed by atoms with Gasteiger partial charge in [0.2, 0.25) is 0 Å². The highest BCUT2D eigenvalue weighted by Crippen LogP contribution is 2.42. The Labute approximate surface area is 178 Å². The molecule has 0 bridgehead atoms. The number of hydrogen-bond donors (Lipinski definition) is 1. The second kappa shape index (κ2) is 7.60. The van der Waals surface area contributed by atoms with Gasteiger partial charge in [-0.1, -0.05) is 24.3 Å². The van der Waals surface area contributed by atoms with Crippen molar-refractivity contribution in [3.05, 3.63) is 89.8 Å². The maximum absolute atomic E-state index is 13.1. The van der Waals surface area contributed by atoms with Gasteiger partial charge in [0, 0.05) is 17.4 Å². The first-order chi connectivity index (χ1) is 15.1. The number of hydrogen-bond acceptors (Lipinski definition) is 6. The van der Waals surface area contributed by atoms with Crippen molar-refractivity contribution in [1.82, 2.24) is 4.98 Å². The molecule has 5 rings (SSSR count). The molecule has 1 saturated heterocycles. The quantitative estimate of drug-likeness (QED) is 0.401. The van der Waals surface area contributed by atoms with Gasteiger partial charge in [-0.25, -0.2) is 0 Å². The van der Waals surface area contributed by atoms with E-state index < -0.39 is 17.7 Å². The third-order valence-electron chi connectivity index (χ3n) is 5.26. The van der Waals surface area contributed by atoms with E-state index >= 15 is 0 Å². The lowest BCUT2D eigenvalue weighted by Crippen LogP contribution is -2.29. The van der Waals surface area contributed by atoms with E-state index in [0.717, 1.165) is 0 Å². The lowest BCUT2D eigenvalue weighted by molar-refractivity contribution is -0.132. The van der Waals surface area contributed by atoms with Crippen LogP contribution in [0.4, 0.5) is 5.69 Å². The number of amides is 1. The van der Waals surface area contributed by atoms with Gasteiger partial charge in [-0.2, -0.15) is 0 Å². The number of carbonyl (C=O) groups is 2. The molecule has 2 aliphatic rings. The van der Waals surface area contributed by atoms with E-state index in [2.05, 4.69) is 4.98 Å². The number of ketones is 1. The number of benzene rings is 2. The average Bonchev–Trinajstić information content (AvgIpc) is 3.10. The molecule has 0 radical (unpaired) electrons. The number of rotatable bonds is 3. The number of aliphatic hydroxyl groups is 1. The molecule has 1 atom stereocenters.